The number of imide groups is 1. The van der Waals surface area contributed by atoms with Crippen molar-refractivity contribution in [1.82, 2.24) is 10.6 Å². The molecule has 1 atom stereocenters. The van der Waals surface area contributed by atoms with E-state index >= 15 is 0 Å². The Morgan fingerprint density at radius 1 is 1.61 bits per heavy atom. The molecule has 0 aromatic carbocycles. The zero-order valence-corrected chi connectivity index (χ0v) is 10.5. The van der Waals surface area contributed by atoms with Gasteiger partial charge in [0, 0.05) is 5.56 Å². The summed E-state index contributed by atoms with van der Waals surface area (Å²) < 4.78 is 5.10. The minimum atomic E-state index is -0.755. The Hall–Kier alpha value is -1.89. The van der Waals surface area contributed by atoms with Gasteiger partial charge in [0.25, 0.3) is 0 Å². The third-order valence-electron chi connectivity index (χ3n) is 2.55. The van der Waals surface area contributed by atoms with Crippen LogP contribution in [0.25, 0.3) is 0 Å². The highest BCUT2D eigenvalue weighted by Crippen LogP contribution is 2.25. The van der Waals surface area contributed by atoms with E-state index in [1.54, 1.807) is 6.07 Å². The van der Waals surface area contributed by atoms with E-state index in [0.717, 1.165) is 5.56 Å². The SMILES string of the molecule is COc1sccc1CC(=O)NC1CC(=O)NC1=O. The molecule has 6 nitrogen and oxygen atoms in total. The molecular weight excluding hydrogens is 256 g/mol. The summed E-state index contributed by atoms with van der Waals surface area (Å²) in [6.45, 7) is 0. The number of hydrogen-bond acceptors (Lipinski definition) is 5. The number of carbonyl (C=O) groups is 3. The van der Waals surface area contributed by atoms with E-state index in [0.29, 0.717) is 5.06 Å². The Balaban J connectivity index is 1.93. The first-order valence-electron chi connectivity index (χ1n) is 5.33. The second-order valence-electron chi connectivity index (χ2n) is 3.85. The minimum Gasteiger partial charge on any atom is -0.487 e. The largest absolute Gasteiger partial charge is 0.487 e. The van der Waals surface area contributed by atoms with Crippen LogP contribution in [0.3, 0.4) is 0 Å². The van der Waals surface area contributed by atoms with Crippen LogP contribution in [0.5, 0.6) is 5.06 Å². The zero-order valence-electron chi connectivity index (χ0n) is 9.69. The second kappa shape index (κ2) is 5.18. The van der Waals surface area contributed by atoms with Gasteiger partial charge in [-0.05, 0) is 11.4 Å². The molecule has 0 aliphatic carbocycles. The highest BCUT2D eigenvalue weighted by atomic mass is 32.1. The maximum absolute atomic E-state index is 11.7. The fraction of sp³-hybridized carbons (Fsp3) is 0.364. The molecule has 3 amide bonds. The highest BCUT2D eigenvalue weighted by Gasteiger charge is 2.31. The van der Waals surface area contributed by atoms with Crippen molar-refractivity contribution in [2.45, 2.75) is 18.9 Å². The van der Waals surface area contributed by atoms with Crippen LogP contribution in [0.2, 0.25) is 0 Å². The van der Waals surface area contributed by atoms with Crippen molar-refractivity contribution in [1.29, 1.82) is 0 Å². The van der Waals surface area contributed by atoms with Gasteiger partial charge < -0.3 is 10.1 Å². The summed E-state index contributed by atoms with van der Waals surface area (Å²) in [7, 11) is 1.54. The molecule has 1 aromatic heterocycles. The molecular formula is C11H12N2O4S. The summed E-state index contributed by atoms with van der Waals surface area (Å²) in [5.74, 6) is -1.12. The van der Waals surface area contributed by atoms with E-state index in [2.05, 4.69) is 10.6 Å². The zero-order chi connectivity index (χ0) is 13.1. The quantitative estimate of drug-likeness (QED) is 0.743. The number of ether oxygens (including phenoxy) is 1. The van der Waals surface area contributed by atoms with Crippen molar-refractivity contribution in [3.8, 4) is 5.06 Å². The summed E-state index contributed by atoms with van der Waals surface area (Å²) in [6, 6.07) is 1.04. The van der Waals surface area contributed by atoms with Crippen molar-refractivity contribution in [3.05, 3.63) is 17.0 Å². The van der Waals surface area contributed by atoms with Crippen molar-refractivity contribution in [2.75, 3.05) is 7.11 Å². The maximum Gasteiger partial charge on any atom is 0.249 e. The van der Waals surface area contributed by atoms with Crippen LogP contribution >= 0.6 is 11.3 Å². The molecule has 0 spiro atoms. The molecule has 0 radical (unpaired) electrons. The van der Waals surface area contributed by atoms with Gasteiger partial charge in [0.15, 0.2) is 5.06 Å². The maximum atomic E-state index is 11.7. The molecule has 2 heterocycles. The molecule has 2 N–H and O–H groups in total. The van der Waals surface area contributed by atoms with Crippen LogP contribution < -0.4 is 15.4 Å². The normalized spacial score (nSPS) is 18.6. The summed E-state index contributed by atoms with van der Waals surface area (Å²) in [4.78, 5) is 34.0. The van der Waals surface area contributed by atoms with Gasteiger partial charge in [-0.2, -0.15) is 0 Å². The van der Waals surface area contributed by atoms with Crippen LogP contribution in [0.4, 0.5) is 0 Å². The van der Waals surface area contributed by atoms with Gasteiger partial charge in [0.1, 0.15) is 6.04 Å². The van der Waals surface area contributed by atoms with Gasteiger partial charge in [-0.25, -0.2) is 0 Å². The first-order valence-corrected chi connectivity index (χ1v) is 6.21. The summed E-state index contributed by atoms with van der Waals surface area (Å²) >= 11 is 1.40. The smallest absolute Gasteiger partial charge is 0.249 e. The Bertz CT molecular complexity index is 497. The standard InChI is InChI=1S/C11H12N2O4S/c1-17-11-6(2-3-18-11)4-8(14)12-7-5-9(15)13-10(7)16/h2-3,7H,4-5H2,1H3,(H,12,14)(H,13,15,16). The Morgan fingerprint density at radius 2 is 2.39 bits per heavy atom. The molecule has 1 aromatic rings. The van der Waals surface area contributed by atoms with Gasteiger partial charge in [-0.15, -0.1) is 11.3 Å². The Kier molecular flexibility index (Phi) is 3.61. The average Bonchev–Trinajstić information content (AvgIpc) is 2.86. The lowest BCUT2D eigenvalue weighted by Gasteiger charge is -2.09. The molecule has 7 heteroatoms. The third-order valence-corrected chi connectivity index (χ3v) is 3.46. The molecule has 18 heavy (non-hydrogen) atoms. The molecule has 2 rings (SSSR count). The van der Waals surface area contributed by atoms with E-state index in [-0.39, 0.29) is 24.7 Å². The first-order chi connectivity index (χ1) is 8.60. The lowest BCUT2D eigenvalue weighted by molar-refractivity contribution is -0.128. The van der Waals surface area contributed by atoms with E-state index in [4.69, 9.17) is 4.74 Å². The predicted molar refractivity (Wildman–Crippen MR) is 64.3 cm³/mol. The van der Waals surface area contributed by atoms with E-state index in [9.17, 15) is 14.4 Å². The van der Waals surface area contributed by atoms with Crippen LogP contribution in [-0.2, 0) is 20.8 Å². The Labute approximate surface area is 107 Å². The third kappa shape index (κ3) is 2.67. The number of rotatable bonds is 4. The fourth-order valence-electron chi connectivity index (χ4n) is 1.72. The number of nitrogens with one attached hydrogen (secondary N) is 2. The Morgan fingerprint density at radius 3 is 3.00 bits per heavy atom. The number of thiophene rings is 1. The minimum absolute atomic E-state index is 0.00530. The van der Waals surface area contributed by atoms with Gasteiger partial charge in [0.2, 0.25) is 17.7 Å². The molecule has 1 aliphatic rings. The number of methoxy groups -OCH3 is 1. The van der Waals surface area contributed by atoms with Crippen LogP contribution in [0.1, 0.15) is 12.0 Å². The fourth-order valence-corrected chi connectivity index (χ4v) is 2.46. The van der Waals surface area contributed by atoms with E-state index in [1.807, 2.05) is 5.38 Å². The highest BCUT2D eigenvalue weighted by molar-refractivity contribution is 7.12. The molecule has 1 fully saturated rings. The van der Waals surface area contributed by atoms with Crippen LogP contribution in [0, 0.1) is 0 Å². The van der Waals surface area contributed by atoms with Crippen molar-refractivity contribution in [2.24, 2.45) is 0 Å². The molecule has 1 unspecified atom stereocenters. The lowest BCUT2D eigenvalue weighted by atomic mass is 10.2. The topological polar surface area (TPSA) is 84.5 Å². The average molecular weight is 268 g/mol. The monoisotopic (exact) mass is 268 g/mol. The van der Waals surface area contributed by atoms with Crippen molar-refractivity contribution in [3.63, 3.8) is 0 Å². The summed E-state index contributed by atoms with van der Waals surface area (Å²) in [6.07, 6.45) is 0.135. The predicted octanol–water partition coefficient (Wildman–Crippen LogP) is -0.170. The molecule has 1 saturated heterocycles. The van der Waals surface area contributed by atoms with E-state index in [1.165, 1.54) is 18.4 Å². The molecule has 0 bridgehead atoms. The molecule has 0 saturated carbocycles. The van der Waals surface area contributed by atoms with Crippen LogP contribution in [-0.4, -0.2) is 30.9 Å². The lowest BCUT2D eigenvalue weighted by Crippen LogP contribution is -2.40. The van der Waals surface area contributed by atoms with Crippen molar-refractivity contribution >= 4 is 29.1 Å². The summed E-state index contributed by atoms with van der Waals surface area (Å²) in [5.41, 5.74) is 0.768. The number of amides is 3. The second-order valence-corrected chi connectivity index (χ2v) is 4.73. The number of carbonyl (C=O) groups excluding carboxylic acids is 3. The van der Waals surface area contributed by atoms with Gasteiger partial charge in [0.05, 0.1) is 20.0 Å². The summed E-state index contributed by atoms with van der Waals surface area (Å²) in [5, 5.41) is 7.17. The first kappa shape index (κ1) is 12.6. The van der Waals surface area contributed by atoms with Gasteiger partial charge >= 0.3 is 0 Å². The van der Waals surface area contributed by atoms with Crippen molar-refractivity contribution < 1.29 is 19.1 Å². The molecule has 96 valence electrons. The van der Waals surface area contributed by atoms with Gasteiger partial charge in [-0.1, -0.05) is 0 Å². The number of hydrogen-bond donors (Lipinski definition) is 2. The molecule has 1 aliphatic heterocycles. The van der Waals surface area contributed by atoms with E-state index < -0.39 is 11.9 Å². The van der Waals surface area contributed by atoms with Gasteiger partial charge in [-0.3, -0.25) is 19.7 Å². The van der Waals surface area contributed by atoms with Crippen LogP contribution in [0.15, 0.2) is 11.4 Å².